The number of benzene rings is 1. The van der Waals surface area contributed by atoms with Gasteiger partial charge in [0.25, 0.3) is 5.56 Å². The van der Waals surface area contributed by atoms with E-state index in [0.717, 1.165) is 17.8 Å². The molecule has 1 aromatic heterocycles. The van der Waals surface area contributed by atoms with Crippen LogP contribution in [0.3, 0.4) is 0 Å². The molecule has 2 heterocycles. The van der Waals surface area contributed by atoms with E-state index in [1.54, 1.807) is 13.0 Å². The first-order valence-corrected chi connectivity index (χ1v) is 7.37. The van der Waals surface area contributed by atoms with E-state index in [4.69, 9.17) is 4.74 Å². The lowest BCUT2D eigenvalue weighted by molar-refractivity contribution is 0.240. The average Bonchev–Trinajstić information content (AvgIpc) is 2.51. The highest BCUT2D eigenvalue weighted by molar-refractivity contribution is 5.51. The molecular formula is C16H19N3O4. The minimum atomic E-state index is -0.267. The molecule has 7 heteroatoms. The maximum atomic E-state index is 12.1. The maximum Gasteiger partial charge on any atom is 0.255 e. The summed E-state index contributed by atoms with van der Waals surface area (Å²) in [5.41, 5.74) is 2.26. The molecule has 0 bridgehead atoms. The molecule has 0 atom stereocenters. The third kappa shape index (κ3) is 3.00. The number of rotatable bonds is 3. The van der Waals surface area contributed by atoms with Crippen molar-refractivity contribution in [3.05, 3.63) is 45.1 Å². The van der Waals surface area contributed by atoms with Crippen molar-refractivity contribution in [1.29, 1.82) is 0 Å². The number of aromatic amines is 1. The summed E-state index contributed by atoms with van der Waals surface area (Å²) in [7, 11) is 1.43. The Morgan fingerprint density at radius 1 is 1.39 bits per heavy atom. The predicted octanol–water partition coefficient (Wildman–Crippen LogP) is 1.06. The largest absolute Gasteiger partial charge is 0.504 e. The molecule has 0 aliphatic carbocycles. The predicted molar refractivity (Wildman–Crippen MR) is 83.7 cm³/mol. The van der Waals surface area contributed by atoms with Crippen molar-refractivity contribution >= 4 is 0 Å². The van der Waals surface area contributed by atoms with E-state index < -0.39 is 0 Å². The van der Waals surface area contributed by atoms with E-state index in [1.165, 1.54) is 13.2 Å². The SMILES string of the molecule is COc1cc(CN2CCc3nc(C)[nH]c(=O)c3C2)cc(O)c1O. The number of methoxy groups -OCH3 is 1. The van der Waals surface area contributed by atoms with Gasteiger partial charge in [0.05, 0.1) is 18.4 Å². The van der Waals surface area contributed by atoms with Crippen LogP contribution >= 0.6 is 0 Å². The number of hydrogen-bond donors (Lipinski definition) is 3. The Kier molecular flexibility index (Phi) is 3.96. The fraction of sp³-hybridized carbons (Fsp3) is 0.375. The highest BCUT2D eigenvalue weighted by Crippen LogP contribution is 2.36. The second kappa shape index (κ2) is 5.92. The molecule has 3 N–H and O–H groups in total. The molecule has 1 aromatic carbocycles. The Morgan fingerprint density at radius 2 is 2.17 bits per heavy atom. The van der Waals surface area contributed by atoms with E-state index in [9.17, 15) is 15.0 Å². The Hall–Kier alpha value is -2.54. The van der Waals surface area contributed by atoms with Crippen LogP contribution in [0.1, 0.15) is 22.6 Å². The van der Waals surface area contributed by atoms with Gasteiger partial charge in [-0.2, -0.15) is 0 Å². The number of ether oxygens (including phenoxy) is 1. The zero-order valence-corrected chi connectivity index (χ0v) is 13.1. The lowest BCUT2D eigenvalue weighted by Crippen LogP contribution is -2.35. The van der Waals surface area contributed by atoms with Gasteiger partial charge in [-0.3, -0.25) is 9.69 Å². The molecule has 1 aliphatic rings. The molecule has 0 saturated carbocycles. The molecule has 23 heavy (non-hydrogen) atoms. The van der Waals surface area contributed by atoms with Crippen LogP contribution in [0, 0.1) is 6.92 Å². The minimum absolute atomic E-state index is 0.0941. The van der Waals surface area contributed by atoms with Crippen LogP contribution in [0.15, 0.2) is 16.9 Å². The van der Waals surface area contributed by atoms with Gasteiger partial charge in [0.2, 0.25) is 5.75 Å². The normalized spacial score (nSPS) is 14.5. The van der Waals surface area contributed by atoms with Gasteiger partial charge < -0.3 is 19.9 Å². The quantitative estimate of drug-likeness (QED) is 0.732. The van der Waals surface area contributed by atoms with Gasteiger partial charge >= 0.3 is 0 Å². The molecular weight excluding hydrogens is 298 g/mol. The van der Waals surface area contributed by atoms with Crippen LogP contribution in [0.4, 0.5) is 0 Å². The monoisotopic (exact) mass is 317 g/mol. The van der Waals surface area contributed by atoms with Crippen molar-refractivity contribution in [1.82, 2.24) is 14.9 Å². The average molecular weight is 317 g/mol. The van der Waals surface area contributed by atoms with Gasteiger partial charge in [-0.25, -0.2) is 4.98 Å². The lowest BCUT2D eigenvalue weighted by atomic mass is 10.1. The number of phenolic OH excluding ortho intramolecular Hbond substituents is 2. The van der Waals surface area contributed by atoms with Crippen molar-refractivity contribution in [3.63, 3.8) is 0 Å². The van der Waals surface area contributed by atoms with Crippen LogP contribution in [0.2, 0.25) is 0 Å². The molecule has 0 fully saturated rings. The topological polar surface area (TPSA) is 98.7 Å². The lowest BCUT2D eigenvalue weighted by Gasteiger charge is -2.27. The molecule has 0 spiro atoms. The standard InChI is InChI=1S/C16H19N3O4/c1-9-17-12-3-4-19(8-11(12)16(22)18-9)7-10-5-13(20)15(21)14(6-10)23-2/h5-6,20-21H,3-4,7-8H2,1-2H3,(H,17,18,22). The van der Waals surface area contributed by atoms with Gasteiger partial charge in [-0.1, -0.05) is 0 Å². The van der Waals surface area contributed by atoms with Crippen LogP contribution in [0.25, 0.3) is 0 Å². The number of aromatic nitrogens is 2. The molecule has 0 saturated heterocycles. The Labute approximate surface area is 133 Å². The van der Waals surface area contributed by atoms with E-state index in [-0.39, 0.29) is 22.8 Å². The van der Waals surface area contributed by atoms with Crippen LogP contribution in [-0.2, 0) is 19.5 Å². The van der Waals surface area contributed by atoms with Crippen molar-refractivity contribution in [2.24, 2.45) is 0 Å². The maximum absolute atomic E-state index is 12.1. The number of nitrogens with zero attached hydrogens (tertiary/aromatic N) is 2. The number of hydrogen-bond acceptors (Lipinski definition) is 6. The molecule has 0 radical (unpaired) electrons. The zero-order valence-electron chi connectivity index (χ0n) is 13.1. The third-order valence-corrected chi connectivity index (χ3v) is 4.01. The van der Waals surface area contributed by atoms with Crippen LogP contribution < -0.4 is 10.3 Å². The first-order chi connectivity index (χ1) is 11.0. The summed E-state index contributed by atoms with van der Waals surface area (Å²) in [6, 6.07) is 3.19. The van der Waals surface area contributed by atoms with Gasteiger partial charge in [-0.15, -0.1) is 0 Å². The second-order valence-corrected chi connectivity index (χ2v) is 5.70. The first kappa shape index (κ1) is 15.4. The van der Waals surface area contributed by atoms with Crippen molar-refractivity contribution in [2.45, 2.75) is 26.4 Å². The minimum Gasteiger partial charge on any atom is -0.504 e. The highest BCUT2D eigenvalue weighted by Gasteiger charge is 2.21. The molecule has 122 valence electrons. The van der Waals surface area contributed by atoms with Crippen LogP contribution in [-0.4, -0.2) is 38.7 Å². The molecule has 0 amide bonds. The summed E-state index contributed by atoms with van der Waals surface area (Å²) in [6.45, 7) is 3.59. The number of H-pyrrole nitrogens is 1. The Balaban J connectivity index is 1.83. The Morgan fingerprint density at radius 3 is 2.91 bits per heavy atom. The third-order valence-electron chi connectivity index (χ3n) is 4.01. The number of nitrogens with one attached hydrogen (secondary N) is 1. The zero-order chi connectivity index (χ0) is 16.6. The first-order valence-electron chi connectivity index (χ1n) is 7.37. The van der Waals surface area contributed by atoms with Gasteiger partial charge in [0.15, 0.2) is 11.5 Å². The summed E-state index contributed by atoms with van der Waals surface area (Å²) < 4.78 is 5.05. The van der Waals surface area contributed by atoms with Gasteiger partial charge in [0.1, 0.15) is 5.82 Å². The summed E-state index contributed by atoms with van der Waals surface area (Å²) >= 11 is 0. The molecule has 3 rings (SSSR count). The number of phenols is 2. The molecule has 2 aromatic rings. The molecule has 1 aliphatic heterocycles. The van der Waals surface area contributed by atoms with E-state index in [1.807, 2.05) is 0 Å². The van der Waals surface area contributed by atoms with Crippen molar-refractivity contribution < 1.29 is 14.9 Å². The van der Waals surface area contributed by atoms with E-state index in [2.05, 4.69) is 14.9 Å². The van der Waals surface area contributed by atoms with E-state index >= 15 is 0 Å². The van der Waals surface area contributed by atoms with Crippen molar-refractivity contribution in [3.8, 4) is 17.2 Å². The smallest absolute Gasteiger partial charge is 0.255 e. The highest BCUT2D eigenvalue weighted by atomic mass is 16.5. The summed E-state index contributed by atoms with van der Waals surface area (Å²) in [5, 5.41) is 19.4. The molecule has 0 unspecified atom stereocenters. The summed E-state index contributed by atoms with van der Waals surface area (Å²) in [5.74, 6) is 0.381. The summed E-state index contributed by atoms with van der Waals surface area (Å²) in [4.78, 5) is 21.3. The van der Waals surface area contributed by atoms with Crippen molar-refractivity contribution in [2.75, 3.05) is 13.7 Å². The van der Waals surface area contributed by atoms with Gasteiger partial charge in [0, 0.05) is 26.1 Å². The molecule has 7 nitrogen and oxygen atoms in total. The number of aromatic hydroxyl groups is 2. The fourth-order valence-corrected chi connectivity index (χ4v) is 2.89. The fourth-order valence-electron chi connectivity index (χ4n) is 2.89. The second-order valence-electron chi connectivity index (χ2n) is 5.70. The Bertz CT molecular complexity index is 801. The summed E-state index contributed by atoms with van der Waals surface area (Å²) in [6.07, 6.45) is 0.710. The number of fused-ring (bicyclic) bond motifs is 1. The van der Waals surface area contributed by atoms with E-state index in [0.29, 0.717) is 30.9 Å². The number of aryl methyl sites for hydroxylation is 1. The van der Waals surface area contributed by atoms with Crippen LogP contribution in [0.5, 0.6) is 17.2 Å². The van der Waals surface area contributed by atoms with Gasteiger partial charge in [-0.05, 0) is 24.6 Å².